The minimum absolute atomic E-state index is 0. The van der Waals surface area contributed by atoms with Crippen LogP contribution in [-0.2, 0) is 29.1 Å². The molecular weight excluding hydrogens is 279 g/mol. The SMILES string of the molecule is Cc1c(C)c(C)[c-](C)c1C.[CH-]=O.[CH-]=O.[Rh+3]. The van der Waals surface area contributed by atoms with Crippen LogP contribution in [0.4, 0.5) is 0 Å². The van der Waals surface area contributed by atoms with Gasteiger partial charge in [-0.1, -0.05) is 34.6 Å². The normalized spacial score (nSPS) is 7.53. The summed E-state index contributed by atoms with van der Waals surface area (Å²) in [4.78, 5) is 15.5. The zero-order valence-electron chi connectivity index (χ0n) is 9.80. The standard InChI is InChI=1S/C10H15.2CHO.Rh/c1-6-7(2)9(4)10(5)8(6)3;2*1-2;/h1-5H3;2*1H;/q3*-1;+3. The molecule has 1 rings (SSSR count). The second-order valence-corrected chi connectivity index (χ2v) is 3.12. The average Bonchev–Trinajstić information content (AvgIpc) is 2.42. The minimum atomic E-state index is 0. The van der Waals surface area contributed by atoms with Gasteiger partial charge < -0.3 is 9.59 Å². The molecule has 0 aromatic heterocycles. The van der Waals surface area contributed by atoms with Crippen molar-refractivity contribution >= 4 is 13.6 Å². The number of hydrogen-bond donors (Lipinski definition) is 0. The Morgan fingerprint density at radius 1 is 0.800 bits per heavy atom. The van der Waals surface area contributed by atoms with Crippen molar-refractivity contribution in [3.8, 4) is 0 Å². The zero-order valence-corrected chi connectivity index (χ0v) is 11.4. The summed E-state index contributed by atoms with van der Waals surface area (Å²) >= 11 is 0. The summed E-state index contributed by atoms with van der Waals surface area (Å²) in [5.74, 6) is 0. The maximum atomic E-state index is 7.75. The van der Waals surface area contributed by atoms with Crippen molar-refractivity contribution in [2.75, 3.05) is 0 Å². The molecule has 0 saturated carbocycles. The van der Waals surface area contributed by atoms with E-state index in [1.54, 1.807) is 0 Å². The smallest absolute Gasteiger partial charge is 0.545 e. The number of carbonyl (C=O) groups excluding carboxylic acids is 2. The van der Waals surface area contributed by atoms with Gasteiger partial charge in [0, 0.05) is 0 Å². The molecule has 2 nitrogen and oxygen atoms in total. The second-order valence-electron chi connectivity index (χ2n) is 3.12. The Kier molecular flexibility index (Phi) is 13.0. The first-order valence-electron chi connectivity index (χ1n) is 4.22. The molecule has 0 spiro atoms. The summed E-state index contributed by atoms with van der Waals surface area (Å²) in [6.07, 6.45) is 0. The Bertz CT molecular complexity index is 208. The maximum absolute atomic E-state index is 7.75. The predicted octanol–water partition coefficient (Wildman–Crippen LogP) is 2.40. The van der Waals surface area contributed by atoms with E-state index >= 15 is 0 Å². The molecular formula is C12H17O2Rh. The van der Waals surface area contributed by atoms with Crippen molar-refractivity contribution in [2.24, 2.45) is 0 Å². The Morgan fingerprint density at radius 2 is 1.00 bits per heavy atom. The quantitative estimate of drug-likeness (QED) is 0.418. The third-order valence-corrected chi connectivity index (χ3v) is 2.81. The van der Waals surface area contributed by atoms with Gasteiger partial charge >= 0.3 is 19.5 Å². The third kappa shape index (κ3) is 4.57. The van der Waals surface area contributed by atoms with Gasteiger partial charge in [0.2, 0.25) is 0 Å². The Labute approximate surface area is 105 Å². The van der Waals surface area contributed by atoms with Crippen LogP contribution in [0, 0.1) is 34.6 Å². The van der Waals surface area contributed by atoms with E-state index in [-0.39, 0.29) is 19.5 Å². The fraction of sp³-hybridized carbons (Fsp3) is 0.417. The Hall–Kier alpha value is -0.687. The van der Waals surface area contributed by atoms with E-state index in [4.69, 9.17) is 9.59 Å². The van der Waals surface area contributed by atoms with Gasteiger partial charge in [0.15, 0.2) is 0 Å². The summed E-state index contributed by atoms with van der Waals surface area (Å²) in [6, 6.07) is 0. The first-order valence-corrected chi connectivity index (χ1v) is 4.22. The van der Waals surface area contributed by atoms with Crippen LogP contribution in [0.5, 0.6) is 0 Å². The van der Waals surface area contributed by atoms with Crippen LogP contribution in [0.2, 0.25) is 0 Å². The van der Waals surface area contributed by atoms with E-state index in [0.29, 0.717) is 0 Å². The Morgan fingerprint density at radius 3 is 1.07 bits per heavy atom. The number of hydrogen-bond acceptors (Lipinski definition) is 2. The topological polar surface area (TPSA) is 34.1 Å². The van der Waals surface area contributed by atoms with E-state index in [1.165, 1.54) is 27.8 Å². The summed E-state index contributed by atoms with van der Waals surface area (Å²) in [5.41, 5.74) is 7.34. The van der Waals surface area contributed by atoms with E-state index in [9.17, 15) is 0 Å². The van der Waals surface area contributed by atoms with Crippen LogP contribution in [0.25, 0.3) is 0 Å². The molecule has 0 fully saturated rings. The zero-order chi connectivity index (χ0) is 11.9. The molecule has 0 atom stereocenters. The van der Waals surface area contributed by atoms with Gasteiger partial charge in [0.05, 0.1) is 0 Å². The molecule has 1 aromatic rings. The molecule has 3 heteroatoms. The van der Waals surface area contributed by atoms with E-state index in [1.807, 2.05) is 0 Å². The van der Waals surface area contributed by atoms with Gasteiger partial charge in [-0.2, -0.15) is 27.8 Å². The van der Waals surface area contributed by atoms with Crippen LogP contribution < -0.4 is 0 Å². The average molecular weight is 296 g/mol. The molecule has 1 aromatic carbocycles. The molecule has 0 bridgehead atoms. The fourth-order valence-corrected chi connectivity index (χ4v) is 1.41. The minimum Gasteiger partial charge on any atom is -0.545 e. The van der Waals surface area contributed by atoms with Crippen molar-refractivity contribution in [1.29, 1.82) is 0 Å². The van der Waals surface area contributed by atoms with Crippen molar-refractivity contribution in [1.82, 2.24) is 0 Å². The summed E-state index contributed by atoms with van der Waals surface area (Å²) in [5, 5.41) is 0. The van der Waals surface area contributed by atoms with Gasteiger partial charge in [-0.25, -0.2) is 0 Å². The van der Waals surface area contributed by atoms with E-state index in [2.05, 4.69) is 48.2 Å². The molecule has 0 radical (unpaired) electrons. The van der Waals surface area contributed by atoms with E-state index < -0.39 is 0 Å². The molecule has 0 unspecified atom stereocenters. The van der Waals surface area contributed by atoms with Crippen LogP contribution >= 0.6 is 0 Å². The predicted molar refractivity (Wildman–Crippen MR) is 59.2 cm³/mol. The van der Waals surface area contributed by atoms with Gasteiger partial charge in [-0.3, -0.25) is 13.6 Å². The van der Waals surface area contributed by atoms with Crippen LogP contribution in [-0.4, -0.2) is 13.6 Å². The molecule has 0 amide bonds. The monoisotopic (exact) mass is 296 g/mol. The maximum Gasteiger partial charge on any atom is 3.00 e. The van der Waals surface area contributed by atoms with Crippen molar-refractivity contribution in [3.63, 3.8) is 0 Å². The summed E-state index contributed by atoms with van der Waals surface area (Å²) in [7, 11) is 0. The first kappa shape index (κ1) is 19.8. The summed E-state index contributed by atoms with van der Waals surface area (Å²) < 4.78 is 0. The van der Waals surface area contributed by atoms with E-state index in [0.717, 1.165) is 0 Å². The second kappa shape index (κ2) is 9.85. The Balaban J connectivity index is -0.000000258. The van der Waals surface area contributed by atoms with Crippen molar-refractivity contribution in [3.05, 3.63) is 27.8 Å². The first-order chi connectivity index (χ1) is 6.55. The molecule has 0 heterocycles. The molecule has 0 N–H and O–H groups in total. The largest absolute Gasteiger partial charge is 3.00 e. The molecule has 0 aliphatic heterocycles. The number of rotatable bonds is 0. The van der Waals surface area contributed by atoms with Gasteiger partial charge in [-0.05, 0) is 0 Å². The van der Waals surface area contributed by atoms with Gasteiger partial charge in [0.25, 0.3) is 0 Å². The van der Waals surface area contributed by atoms with Crippen LogP contribution in [0.1, 0.15) is 27.8 Å². The molecule has 86 valence electrons. The molecule has 0 aliphatic carbocycles. The molecule has 15 heavy (non-hydrogen) atoms. The van der Waals surface area contributed by atoms with Gasteiger partial charge in [-0.15, -0.1) is 0 Å². The molecule has 0 aliphatic rings. The van der Waals surface area contributed by atoms with Crippen molar-refractivity contribution in [2.45, 2.75) is 34.6 Å². The van der Waals surface area contributed by atoms with Crippen LogP contribution in [0.3, 0.4) is 0 Å². The molecule has 0 saturated heterocycles. The van der Waals surface area contributed by atoms with Crippen molar-refractivity contribution < 1.29 is 29.1 Å². The van der Waals surface area contributed by atoms with Gasteiger partial charge in [0.1, 0.15) is 0 Å². The summed E-state index contributed by atoms with van der Waals surface area (Å²) in [6.45, 7) is 17.5. The fourth-order valence-electron chi connectivity index (χ4n) is 1.41. The third-order valence-electron chi connectivity index (χ3n) is 2.81. The van der Waals surface area contributed by atoms with Crippen LogP contribution in [0.15, 0.2) is 0 Å².